The lowest BCUT2D eigenvalue weighted by Crippen LogP contribution is -2.57. The van der Waals surface area contributed by atoms with Crippen molar-refractivity contribution in [3.05, 3.63) is 0 Å². The monoisotopic (exact) mass is 380 g/mol. The standard InChI is InChI=1S/C21H33FN2O3/c22-14-7-5-6-13(12-14)20(25)23-24-21(26)19-15-8-1-3-10-17(15)27-18-11-4-2-9-16(18)19/h13-19H,1-12H2,(H,23,25)(H,24,26). The fourth-order valence-corrected chi connectivity index (χ4v) is 6.02. The molecule has 152 valence electrons. The number of halogens is 1. The van der Waals surface area contributed by atoms with E-state index in [1.54, 1.807) is 0 Å². The van der Waals surface area contributed by atoms with Crippen molar-refractivity contribution in [2.75, 3.05) is 0 Å². The zero-order valence-electron chi connectivity index (χ0n) is 16.1. The molecule has 0 bridgehead atoms. The molecule has 6 unspecified atom stereocenters. The number of rotatable bonds is 2. The number of ether oxygens (including phenoxy) is 1. The van der Waals surface area contributed by atoms with Gasteiger partial charge in [-0.15, -0.1) is 0 Å². The Morgan fingerprint density at radius 3 is 1.96 bits per heavy atom. The van der Waals surface area contributed by atoms with Crippen molar-refractivity contribution in [1.29, 1.82) is 0 Å². The molecule has 0 spiro atoms. The second kappa shape index (κ2) is 8.46. The van der Waals surface area contributed by atoms with Crippen LogP contribution < -0.4 is 10.9 Å². The summed E-state index contributed by atoms with van der Waals surface area (Å²) in [5, 5.41) is 0. The van der Waals surface area contributed by atoms with E-state index in [4.69, 9.17) is 4.74 Å². The Morgan fingerprint density at radius 2 is 1.33 bits per heavy atom. The van der Waals surface area contributed by atoms with Crippen LogP contribution in [0, 0.1) is 23.7 Å². The molecule has 5 nitrogen and oxygen atoms in total. The van der Waals surface area contributed by atoms with Crippen molar-refractivity contribution >= 4 is 11.8 Å². The Balaban J connectivity index is 1.39. The summed E-state index contributed by atoms with van der Waals surface area (Å²) in [6.07, 6.45) is 10.6. The second-order valence-corrected chi connectivity index (χ2v) is 9.07. The van der Waals surface area contributed by atoms with Gasteiger partial charge in [-0.25, -0.2) is 4.39 Å². The number of carbonyl (C=O) groups excluding carboxylic acids is 2. The van der Waals surface area contributed by atoms with Gasteiger partial charge < -0.3 is 4.74 Å². The number of alkyl halides is 1. The normalized spacial score (nSPS) is 41.7. The first-order chi connectivity index (χ1) is 13.1. The van der Waals surface area contributed by atoms with Crippen LogP contribution in [0.15, 0.2) is 0 Å². The lowest BCUT2D eigenvalue weighted by Gasteiger charge is -2.50. The minimum atomic E-state index is -0.897. The van der Waals surface area contributed by atoms with Crippen molar-refractivity contribution < 1.29 is 18.7 Å². The average Bonchev–Trinajstić information content (AvgIpc) is 2.70. The molecular formula is C21H33FN2O3. The Bertz CT molecular complexity index is 536. The maximum absolute atomic E-state index is 13.6. The quantitative estimate of drug-likeness (QED) is 0.721. The third kappa shape index (κ3) is 4.15. The Morgan fingerprint density at radius 1 is 0.741 bits per heavy atom. The van der Waals surface area contributed by atoms with Crippen LogP contribution in [0.25, 0.3) is 0 Å². The third-order valence-electron chi connectivity index (χ3n) is 7.37. The van der Waals surface area contributed by atoms with E-state index >= 15 is 0 Å². The molecule has 0 radical (unpaired) electrons. The van der Waals surface area contributed by atoms with Crippen LogP contribution >= 0.6 is 0 Å². The molecule has 0 aromatic carbocycles. The minimum Gasteiger partial charge on any atom is -0.374 e. The highest BCUT2D eigenvalue weighted by molar-refractivity contribution is 5.85. The van der Waals surface area contributed by atoms with Gasteiger partial charge in [0.2, 0.25) is 11.8 Å². The summed E-state index contributed by atoms with van der Waals surface area (Å²) in [6.45, 7) is 0. The van der Waals surface area contributed by atoms with E-state index in [0.29, 0.717) is 12.8 Å². The smallest absolute Gasteiger partial charge is 0.242 e. The van der Waals surface area contributed by atoms with Gasteiger partial charge in [0.25, 0.3) is 0 Å². The lowest BCUT2D eigenvalue weighted by molar-refractivity contribution is -0.180. The van der Waals surface area contributed by atoms with Gasteiger partial charge in [0.05, 0.1) is 18.1 Å². The number of nitrogens with one attached hydrogen (secondary N) is 2. The highest BCUT2D eigenvalue weighted by atomic mass is 19.1. The number of hydrazine groups is 1. The molecule has 1 heterocycles. The summed E-state index contributed by atoms with van der Waals surface area (Å²) >= 11 is 0. The number of fused-ring (bicyclic) bond motifs is 2. The average molecular weight is 381 g/mol. The van der Waals surface area contributed by atoms with Crippen LogP contribution in [-0.2, 0) is 14.3 Å². The first kappa shape index (κ1) is 19.2. The van der Waals surface area contributed by atoms with Crippen LogP contribution in [0.4, 0.5) is 4.39 Å². The Hall–Kier alpha value is -1.17. The van der Waals surface area contributed by atoms with Crippen LogP contribution in [0.5, 0.6) is 0 Å². The van der Waals surface area contributed by atoms with Crippen LogP contribution in [0.1, 0.15) is 77.0 Å². The molecule has 1 aliphatic heterocycles. The zero-order valence-corrected chi connectivity index (χ0v) is 16.1. The van der Waals surface area contributed by atoms with Crippen molar-refractivity contribution in [3.8, 4) is 0 Å². The summed E-state index contributed by atoms with van der Waals surface area (Å²) in [5.74, 6) is -0.172. The fraction of sp³-hybridized carbons (Fsp3) is 0.905. The summed E-state index contributed by atoms with van der Waals surface area (Å²) in [4.78, 5) is 25.5. The van der Waals surface area contributed by atoms with E-state index in [-0.39, 0.29) is 54.1 Å². The number of amides is 2. The van der Waals surface area contributed by atoms with Gasteiger partial charge in [0.1, 0.15) is 6.17 Å². The molecular weight excluding hydrogens is 347 g/mol. The van der Waals surface area contributed by atoms with E-state index in [1.165, 1.54) is 12.8 Å². The van der Waals surface area contributed by atoms with E-state index in [0.717, 1.165) is 44.9 Å². The van der Waals surface area contributed by atoms with Gasteiger partial charge in [-0.2, -0.15) is 0 Å². The maximum atomic E-state index is 13.6. The van der Waals surface area contributed by atoms with Gasteiger partial charge in [-0.1, -0.05) is 25.7 Å². The van der Waals surface area contributed by atoms with Crippen LogP contribution in [0.3, 0.4) is 0 Å². The fourth-order valence-electron chi connectivity index (χ4n) is 6.02. The number of hydrogen-bond acceptors (Lipinski definition) is 3. The predicted octanol–water partition coefficient (Wildman–Crippen LogP) is 3.43. The van der Waals surface area contributed by atoms with Gasteiger partial charge in [-0.3, -0.25) is 20.4 Å². The molecule has 1 saturated heterocycles. The van der Waals surface area contributed by atoms with Crippen molar-refractivity contribution in [2.24, 2.45) is 23.7 Å². The molecule has 4 fully saturated rings. The molecule has 0 aromatic rings. The van der Waals surface area contributed by atoms with E-state index in [2.05, 4.69) is 10.9 Å². The predicted molar refractivity (Wildman–Crippen MR) is 99.2 cm³/mol. The maximum Gasteiger partial charge on any atom is 0.242 e. The minimum absolute atomic E-state index is 0.0620. The third-order valence-corrected chi connectivity index (χ3v) is 7.37. The summed E-state index contributed by atoms with van der Waals surface area (Å²) < 4.78 is 20.0. The molecule has 4 aliphatic rings. The highest BCUT2D eigenvalue weighted by Crippen LogP contribution is 2.47. The highest BCUT2D eigenvalue weighted by Gasteiger charge is 2.49. The molecule has 6 atom stereocenters. The van der Waals surface area contributed by atoms with Gasteiger partial charge in [-0.05, 0) is 63.2 Å². The van der Waals surface area contributed by atoms with Crippen LogP contribution in [0.2, 0.25) is 0 Å². The molecule has 6 heteroatoms. The SMILES string of the molecule is O=C(NNC(=O)C1C2CCCCC2OC2CCCCC21)C1CCCC(F)C1. The Labute approximate surface area is 161 Å². The van der Waals surface area contributed by atoms with Gasteiger partial charge in [0, 0.05) is 5.92 Å². The van der Waals surface area contributed by atoms with Gasteiger partial charge in [0.15, 0.2) is 0 Å². The van der Waals surface area contributed by atoms with E-state index in [1.807, 2.05) is 0 Å². The topological polar surface area (TPSA) is 67.4 Å². The lowest BCUT2D eigenvalue weighted by atomic mass is 9.65. The second-order valence-electron chi connectivity index (χ2n) is 9.07. The van der Waals surface area contributed by atoms with Crippen LogP contribution in [-0.4, -0.2) is 30.2 Å². The van der Waals surface area contributed by atoms with E-state index in [9.17, 15) is 14.0 Å². The molecule has 2 N–H and O–H groups in total. The van der Waals surface area contributed by atoms with Crippen molar-refractivity contribution in [3.63, 3.8) is 0 Å². The Kier molecular flexibility index (Phi) is 6.00. The molecule has 4 rings (SSSR count). The van der Waals surface area contributed by atoms with Gasteiger partial charge >= 0.3 is 0 Å². The molecule has 27 heavy (non-hydrogen) atoms. The molecule has 3 aliphatic carbocycles. The number of carbonyl (C=O) groups is 2. The first-order valence-corrected chi connectivity index (χ1v) is 11.0. The van der Waals surface area contributed by atoms with Crippen molar-refractivity contribution in [2.45, 2.75) is 95.4 Å². The summed E-state index contributed by atoms with van der Waals surface area (Å²) in [7, 11) is 0. The molecule has 0 aromatic heterocycles. The van der Waals surface area contributed by atoms with E-state index < -0.39 is 6.17 Å². The zero-order chi connectivity index (χ0) is 18.8. The summed E-state index contributed by atoms with van der Waals surface area (Å²) in [6, 6.07) is 0. The van der Waals surface area contributed by atoms with Crippen molar-refractivity contribution in [1.82, 2.24) is 10.9 Å². The summed E-state index contributed by atoms with van der Waals surface area (Å²) in [5.41, 5.74) is 5.33. The molecule has 3 saturated carbocycles. The largest absolute Gasteiger partial charge is 0.374 e. The first-order valence-electron chi connectivity index (χ1n) is 11.0. The molecule has 2 amide bonds. The number of hydrogen-bond donors (Lipinski definition) is 2.